The van der Waals surface area contributed by atoms with Crippen LogP contribution in [0.2, 0.25) is 0 Å². The zero-order valence-corrected chi connectivity index (χ0v) is 25.9. The van der Waals surface area contributed by atoms with Gasteiger partial charge in [0.15, 0.2) is 23.2 Å². The van der Waals surface area contributed by atoms with E-state index < -0.39 is 0 Å². The Morgan fingerprint density at radius 3 is 2.49 bits per heavy atom. The molecule has 6 N–H and O–H groups in total. The quantitative estimate of drug-likeness (QED) is 0.0672. The lowest BCUT2D eigenvalue weighted by molar-refractivity contribution is -0.114. The Bertz CT molecular complexity index is 981. The molecule has 0 unspecified atom stereocenters. The zero-order chi connectivity index (χ0) is 30.2. The first-order valence-corrected chi connectivity index (χ1v) is 15.6. The summed E-state index contributed by atoms with van der Waals surface area (Å²) in [5.41, 5.74) is 13.7. The molecule has 8 nitrogen and oxygen atoms in total. The third kappa shape index (κ3) is 12.4. The predicted molar refractivity (Wildman–Crippen MR) is 166 cm³/mol. The Morgan fingerprint density at radius 2 is 1.88 bits per heavy atom. The molecule has 1 aliphatic rings. The molecule has 2 atom stereocenters. The summed E-state index contributed by atoms with van der Waals surface area (Å²) in [6.45, 7) is 7.46. The van der Waals surface area contributed by atoms with Crippen LogP contribution in [0.5, 0.6) is 11.5 Å². The van der Waals surface area contributed by atoms with Gasteiger partial charge in [0, 0.05) is 32.2 Å². The van der Waals surface area contributed by atoms with Gasteiger partial charge < -0.3 is 31.2 Å². The maximum Gasteiger partial charge on any atom is 0.185 e. The van der Waals surface area contributed by atoms with Crippen LogP contribution < -0.4 is 16.2 Å². The van der Waals surface area contributed by atoms with Crippen LogP contribution in [0.1, 0.15) is 108 Å². The van der Waals surface area contributed by atoms with E-state index in [0.29, 0.717) is 44.1 Å². The van der Waals surface area contributed by atoms with Gasteiger partial charge in [-0.15, -0.1) is 0 Å². The number of nitrogens with two attached hydrogens (primary N) is 2. The molecule has 0 spiro atoms. The fourth-order valence-electron chi connectivity index (χ4n) is 5.81. The first kappa shape index (κ1) is 34.6. The van der Waals surface area contributed by atoms with Crippen LogP contribution in [0, 0.1) is 11.8 Å². The summed E-state index contributed by atoms with van der Waals surface area (Å²) in [4.78, 5) is 16.9. The highest BCUT2D eigenvalue weighted by Gasteiger charge is 2.29. The fourth-order valence-corrected chi connectivity index (χ4v) is 5.81. The van der Waals surface area contributed by atoms with Crippen LogP contribution in [-0.4, -0.2) is 54.9 Å². The van der Waals surface area contributed by atoms with Gasteiger partial charge in [-0.25, -0.2) is 0 Å². The van der Waals surface area contributed by atoms with Crippen molar-refractivity contribution < 1.29 is 24.5 Å². The Hall–Kier alpha value is -2.58. The summed E-state index contributed by atoms with van der Waals surface area (Å²) in [6, 6.07) is 3.98. The number of carbonyl (C=O) groups excluding carboxylic acids is 1. The number of aryl methyl sites for hydroxylation is 1. The average Bonchev–Trinajstić information content (AvgIpc) is 3.44. The van der Waals surface area contributed by atoms with Crippen molar-refractivity contribution in [3.63, 3.8) is 0 Å². The number of phenols is 1. The lowest BCUT2D eigenvalue weighted by atomic mass is 9.78. The number of hydrogen-bond donors (Lipinski definition) is 4. The van der Waals surface area contributed by atoms with Crippen molar-refractivity contribution in [1.82, 2.24) is 0 Å². The van der Waals surface area contributed by atoms with Crippen LogP contribution >= 0.6 is 0 Å². The molecule has 0 amide bonds. The third-order valence-corrected chi connectivity index (χ3v) is 7.99. The number of hydrogen-bond acceptors (Lipinski definition) is 6. The molecule has 0 bridgehead atoms. The Labute approximate surface area is 247 Å². The second kappa shape index (κ2) is 18.8. The van der Waals surface area contributed by atoms with Crippen LogP contribution in [0.4, 0.5) is 0 Å². The topological polar surface area (TPSA) is 140 Å². The first-order chi connectivity index (χ1) is 19.7. The summed E-state index contributed by atoms with van der Waals surface area (Å²) < 4.78 is 12.1. The number of aliphatic imine (C=N–C) groups is 1. The lowest BCUT2D eigenvalue weighted by Crippen LogP contribution is -2.23. The summed E-state index contributed by atoms with van der Waals surface area (Å²) in [5, 5.41) is 21.2. The monoisotopic (exact) mass is 573 g/mol. The number of allylic oxidation sites excluding steroid dienone is 1. The number of aliphatic hydroxyl groups excluding tert-OH is 1. The molecule has 0 aliphatic heterocycles. The van der Waals surface area contributed by atoms with Crippen molar-refractivity contribution in [1.29, 1.82) is 0 Å². The maximum atomic E-state index is 12.8. The van der Waals surface area contributed by atoms with Crippen molar-refractivity contribution in [3.05, 3.63) is 34.9 Å². The molecule has 1 aliphatic carbocycles. The van der Waals surface area contributed by atoms with Gasteiger partial charge in [-0.2, -0.15) is 0 Å². The molecule has 41 heavy (non-hydrogen) atoms. The molecule has 8 heteroatoms. The number of ether oxygens (including phenoxy) is 2. The number of carbonyl (C=O) groups is 1. The van der Waals surface area contributed by atoms with E-state index in [2.05, 4.69) is 24.9 Å². The zero-order valence-electron chi connectivity index (χ0n) is 25.9. The minimum absolute atomic E-state index is 0.00346. The van der Waals surface area contributed by atoms with Gasteiger partial charge in [0.05, 0.1) is 12.7 Å². The van der Waals surface area contributed by atoms with Crippen molar-refractivity contribution in [2.45, 2.75) is 110 Å². The SMILES string of the molecule is CCC/C(=C/C(=O)CCc1cc(OC2CCCC2)c(O)c([C@H](CCC(C)C)[C@H](CCCN=C(N)N)COC)c1)CO. The molecular weight excluding hydrogens is 518 g/mol. The number of aliphatic hydroxyl groups is 1. The predicted octanol–water partition coefficient (Wildman–Crippen LogP) is 5.77. The van der Waals surface area contributed by atoms with Crippen molar-refractivity contribution >= 4 is 11.7 Å². The molecule has 0 radical (unpaired) electrons. The number of rotatable bonds is 20. The van der Waals surface area contributed by atoms with Crippen LogP contribution in [-0.2, 0) is 16.0 Å². The molecule has 0 heterocycles. The van der Waals surface area contributed by atoms with Crippen LogP contribution in [0.25, 0.3) is 0 Å². The van der Waals surface area contributed by atoms with Gasteiger partial charge in [-0.05, 0) is 98.8 Å². The standard InChI is InChI=1S/C33H55N3O5/c1-5-9-25(21-37)18-27(38)15-14-24-19-30(32(39)31(20-24)41-28-11-6-7-12-28)29(16-13-23(2)3)26(22-40-4)10-8-17-36-33(34)35/h18-20,23,26,28-29,37,39H,5-17,21-22H2,1-4H3,(H4,34,35,36)/b25-18-/t26-,29-/m1/s1. The maximum absolute atomic E-state index is 12.8. The second-order valence-electron chi connectivity index (χ2n) is 12.0. The van der Waals surface area contributed by atoms with E-state index in [-0.39, 0.29) is 42.0 Å². The summed E-state index contributed by atoms with van der Waals surface area (Å²) in [5.74, 6) is 1.52. The number of ketones is 1. The Balaban J connectivity index is 2.44. The highest BCUT2D eigenvalue weighted by atomic mass is 16.5. The van der Waals surface area contributed by atoms with Gasteiger partial charge >= 0.3 is 0 Å². The van der Waals surface area contributed by atoms with Crippen LogP contribution in [0.3, 0.4) is 0 Å². The van der Waals surface area contributed by atoms with Crippen LogP contribution in [0.15, 0.2) is 28.8 Å². The number of nitrogens with zero attached hydrogens (tertiary/aromatic N) is 1. The van der Waals surface area contributed by atoms with Gasteiger partial charge in [0.25, 0.3) is 0 Å². The van der Waals surface area contributed by atoms with E-state index in [1.54, 1.807) is 13.2 Å². The number of aromatic hydroxyl groups is 1. The number of guanidine groups is 1. The highest BCUT2D eigenvalue weighted by molar-refractivity contribution is 5.90. The van der Waals surface area contributed by atoms with E-state index in [9.17, 15) is 15.0 Å². The first-order valence-electron chi connectivity index (χ1n) is 15.6. The second-order valence-corrected chi connectivity index (χ2v) is 12.0. The minimum atomic E-state index is -0.0933. The summed E-state index contributed by atoms with van der Waals surface area (Å²) in [6.07, 6.45) is 11.9. The molecule has 1 saturated carbocycles. The summed E-state index contributed by atoms with van der Waals surface area (Å²) >= 11 is 0. The normalized spacial score (nSPS) is 15.7. The summed E-state index contributed by atoms with van der Waals surface area (Å²) in [7, 11) is 1.71. The van der Waals surface area contributed by atoms with Gasteiger partial charge in [0.1, 0.15) is 0 Å². The van der Waals surface area contributed by atoms with Gasteiger partial charge in [0.2, 0.25) is 0 Å². The van der Waals surface area contributed by atoms with E-state index in [4.69, 9.17) is 20.9 Å². The highest BCUT2D eigenvalue weighted by Crippen LogP contribution is 2.44. The fraction of sp³-hybridized carbons (Fsp3) is 0.697. The number of methoxy groups -OCH3 is 1. The number of phenolic OH excluding ortho intramolecular Hbond substituents is 1. The van der Waals surface area contributed by atoms with Crippen molar-refractivity contribution in [3.8, 4) is 11.5 Å². The average molecular weight is 574 g/mol. The molecule has 0 aromatic heterocycles. The minimum Gasteiger partial charge on any atom is -0.504 e. The molecule has 0 saturated heterocycles. The van der Waals surface area contributed by atoms with Crippen molar-refractivity contribution in [2.75, 3.05) is 26.9 Å². The molecule has 1 aromatic carbocycles. The van der Waals surface area contributed by atoms with Gasteiger partial charge in [-0.1, -0.05) is 39.7 Å². The van der Waals surface area contributed by atoms with E-state index >= 15 is 0 Å². The smallest absolute Gasteiger partial charge is 0.185 e. The largest absolute Gasteiger partial charge is 0.504 e. The van der Waals surface area contributed by atoms with Crippen molar-refractivity contribution in [2.24, 2.45) is 28.3 Å². The van der Waals surface area contributed by atoms with E-state index in [0.717, 1.165) is 74.5 Å². The van der Waals surface area contributed by atoms with Gasteiger partial charge in [-0.3, -0.25) is 9.79 Å². The van der Waals surface area contributed by atoms with E-state index in [1.807, 2.05) is 13.0 Å². The number of benzene rings is 1. The van der Waals surface area contributed by atoms with E-state index in [1.165, 1.54) is 0 Å². The molecule has 2 rings (SSSR count). The molecule has 1 fully saturated rings. The molecular formula is C33H55N3O5. The molecule has 1 aromatic rings. The lowest BCUT2D eigenvalue weighted by Gasteiger charge is -2.30. The third-order valence-electron chi connectivity index (χ3n) is 7.99. The Kier molecular flexibility index (Phi) is 15.9. The Morgan fingerprint density at radius 1 is 1.15 bits per heavy atom. The molecule has 232 valence electrons.